The van der Waals surface area contributed by atoms with E-state index in [1.807, 2.05) is 30.3 Å². The van der Waals surface area contributed by atoms with Crippen molar-refractivity contribution in [2.24, 2.45) is 0 Å². The minimum Gasteiger partial charge on any atom is -0.481 e. The van der Waals surface area contributed by atoms with Gasteiger partial charge in [-0.05, 0) is 29.8 Å². The molecule has 0 aliphatic rings. The number of carbonyl (C=O) groups is 1. The molecule has 0 unspecified atom stereocenters. The van der Waals surface area contributed by atoms with Gasteiger partial charge in [0, 0.05) is 0 Å². The van der Waals surface area contributed by atoms with Gasteiger partial charge in [-0.3, -0.25) is 4.79 Å². The Morgan fingerprint density at radius 1 is 1.04 bits per heavy atom. The lowest BCUT2D eigenvalue weighted by Gasteiger charge is -2.17. The van der Waals surface area contributed by atoms with E-state index in [-0.39, 0.29) is 18.3 Å². The lowest BCUT2D eigenvalue weighted by atomic mass is 10.0. The van der Waals surface area contributed by atoms with Crippen LogP contribution in [0.3, 0.4) is 0 Å². The molecule has 2 aromatic carbocycles. The predicted molar refractivity (Wildman–Crippen MR) is 87.0 cm³/mol. The summed E-state index contributed by atoms with van der Waals surface area (Å²) in [5.74, 6) is -0.221. The van der Waals surface area contributed by atoms with Gasteiger partial charge in [0.2, 0.25) is 0 Å². The van der Waals surface area contributed by atoms with Crippen LogP contribution in [0.1, 0.15) is 17.4 Å². The second-order valence-corrected chi connectivity index (χ2v) is 5.15. The van der Waals surface area contributed by atoms with Gasteiger partial charge in [-0.2, -0.15) is 0 Å². The third kappa shape index (κ3) is 3.81. The summed E-state index contributed by atoms with van der Waals surface area (Å²) in [6, 6.07) is 18.5. The zero-order valence-electron chi connectivity index (χ0n) is 12.8. The van der Waals surface area contributed by atoms with Gasteiger partial charge in [-0.15, -0.1) is 0 Å². The van der Waals surface area contributed by atoms with Gasteiger partial charge < -0.3 is 14.5 Å². The summed E-state index contributed by atoms with van der Waals surface area (Å²) >= 11 is 0. The Bertz CT molecular complexity index is 787. The van der Waals surface area contributed by atoms with Gasteiger partial charge in [0.1, 0.15) is 11.8 Å². The van der Waals surface area contributed by atoms with Crippen LogP contribution < -0.4 is 10.1 Å². The van der Waals surface area contributed by atoms with E-state index in [2.05, 4.69) is 5.32 Å². The Morgan fingerprint density at radius 3 is 2.50 bits per heavy atom. The number of rotatable bonds is 6. The van der Waals surface area contributed by atoms with Crippen molar-refractivity contribution in [1.82, 2.24) is 5.32 Å². The fraction of sp³-hybridized carbons (Fsp3) is 0.105. The number of ether oxygens (including phenoxy) is 1. The summed E-state index contributed by atoms with van der Waals surface area (Å²) in [5, 5.41) is 2.85. The van der Waals surface area contributed by atoms with Gasteiger partial charge in [0.15, 0.2) is 18.2 Å². The van der Waals surface area contributed by atoms with Crippen LogP contribution in [0.25, 0.3) is 0 Å². The maximum absolute atomic E-state index is 13.5. The molecule has 0 spiro atoms. The molecule has 3 aromatic rings. The zero-order valence-corrected chi connectivity index (χ0v) is 12.8. The summed E-state index contributed by atoms with van der Waals surface area (Å²) in [7, 11) is 0. The van der Waals surface area contributed by atoms with Crippen LogP contribution in [0.2, 0.25) is 0 Å². The molecule has 1 amide bonds. The van der Waals surface area contributed by atoms with Crippen LogP contribution in [0, 0.1) is 5.82 Å². The maximum Gasteiger partial charge on any atom is 0.258 e. The van der Waals surface area contributed by atoms with E-state index in [9.17, 15) is 9.18 Å². The third-order valence-electron chi connectivity index (χ3n) is 3.46. The first kappa shape index (κ1) is 15.8. The molecule has 1 atom stereocenters. The molecule has 0 aliphatic carbocycles. The number of halogens is 1. The second kappa shape index (κ2) is 7.46. The van der Waals surface area contributed by atoms with Crippen molar-refractivity contribution < 1.29 is 18.3 Å². The highest BCUT2D eigenvalue weighted by atomic mass is 19.1. The molecule has 3 rings (SSSR count). The second-order valence-electron chi connectivity index (χ2n) is 5.15. The molecule has 0 radical (unpaired) electrons. The molecule has 1 aromatic heterocycles. The maximum atomic E-state index is 13.5. The van der Waals surface area contributed by atoms with Crippen molar-refractivity contribution in [3.05, 3.63) is 90.1 Å². The monoisotopic (exact) mass is 325 g/mol. The summed E-state index contributed by atoms with van der Waals surface area (Å²) in [4.78, 5) is 12.2. The molecule has 0 aliphatic heterocycles. The quantitative estimate of drug-likeness (QED) is 0.752. The summed E-state index contributed by atoms with van der Waals surface area (Å²) in [5.41, 5.74) is 0.881. The lowest BCUT2D eigenvalue weighted by Crippen LogP contribution is -2.33. The SMILES string of the molecule is O=C(COc1ccccc1F)N[C@@H](c1ccccc1)c1ccco1. The van der Waals surface area contributed by atoms with Crippen molar-refractivity contribution in [1.29, 1.82) is 0 Å². The Balaban J connectivity index is 1.69. The molecule has 1 heterocycles. The van der Waals surface area contributed by atoms with Crippen LogP contribution in [-0.2, 0) is 4.79 Å². The van der Waals surface area contributed by atoms with E-state index in [1.54, 1.807) is 30.5 Å². The largest absolute Gasteiger partial charge is 0.481 e. The normalized spacial score (nSPS) is 11.7. The van der Waals surface area contributed by atoms with Crippen molar-refractivity contribution in [3.8, 4) is 5.75 Å². The Morgan fingerprint density at radius 2 is 1.79 bits per heavy atom. The summed E-state index contributed by atoms with van der Waals surface area (Å²) in [6.45, 7) is -0.287. The van der Waals surface area contributed by atoms with Crippen molar-refractivity contribution in [2.75, 3.05) is 6.61 Å². The Kier molecular flexibility index (Phi) is 4.91. The van der Waals surface area contributed by atoms with Crippen LogP contribution in [0.5, 0.6) is 5.75 Å². The molecule has 4 nitrogen and oxygen atoms in total. The van der Waals surface area contributed by atoms with Gasteiger partial charge in [-0.1, -0.05) is 42.5 Å². The molecule has 0 saturated heterocycles. The first-order valence-corrected chi connectivity index (χ1v) is 7.49. The number of hydrogen-bond donors (Lipinski definition) is 1. The van der Waals surface area contributed by atoms with E-state index >= 15 is 0 Å². The number of nitrogens with one attached hydrogen (secondary N) is 1. The van der Waals surface area contributed by atoms with Gasteiger partial charge in [-0.25, -0.2) is 4.39 Å². The first-order valence-electron chi connectivity index (χ1n) is 7.49. The summed E-state index contributed by atoms with van der Waals surface area (Å²) < 4.78 is 24.2. The highest BCUT2D eigenvalue weighted by Gasteiger charge is 2.19. The third-order valence-corrected chi connectivity index (χ3v) is 3.46. The van der Waals surface area contributed by atoms with E-state index in [0.717, 1.165) is 5.56 Å². The Hall–Kier alpha value is -3.08. The first-order chi connectivity index (χ1) is 11.7. The van der Waals surface area contributed by atoms with Gasteiger partial charge >= 0.3 is 0 Å². The number of benzene rings is 2. The summed E-state index contributed by atoms with van der Waals surface area (Å²) in [6.07, 6.45) is 1.55. The van der Waals surface area contributed by atoms with Crippen LogP contribution in [0.4, 0.5) is 4.39 Å². The highest BCUT2D eigenvalue weighted by Crippen LogP contribution is 2.22. The number of furan rings is 1. The predicted octanol–water partition coefficient (Wildman–Crippen LogP) is 3.70. The average Bonchev–Trinajstić information content (AvgIpc) is 3.14. The van der Waals surface area contributed by atoms with E-state index < -0.39 is 11.9 Å². The molecule has 5 heteroatoms. The van der Waals surface area contributed by atoms with Crippen molar-refractivity contribution in [2.45, 2.75) is 6.04 Å². The number of carbonyl (C=O) groups excluding carboxylic acids is 1. The number of para-hydroxylation sites is 1. The topological polar surface area (TPSA) is 51.5 Å². The molecule has 1 N–H and O–H groups in total. The molecule has 0 saturated carbocycles. The van der Waals surface area contributed by atoms with Crippen LogP contribution in [-0.4, -0.2) is 12.5 Å². The highest BCUT2D eigenvalue weighted by molar-refractivity contribution is 5.78. The minimum atomic E-state index is -0.504. The van der Waals surface area contributed by atoms with Crippen LogP contribution >= 0.6 is 0 Å². The minimum absolute atomic E-state index is 0.0434. The van der Waals surface area contributed by atoms with Gasteiger partial charge in [0.25, 0.3) is 5.91 Å². The molecule has 0 fully saturated rings. The fourth-order valence-electron chi connectivity index (χ4n) is 2.33. The van der Waals surface area contributed by atoms with E-state index in [0.29, 0.717) is 5.76 Å². The van der Waals surface area contributed by atoms with Gasteiger partial charge in [0.05, 0.1) is 6.26 Å². The molecular formula is C19H16FNO3. The molecule has 24 heavy (non-hydrogen) atoms. The molecule has 122 valence electrons. The zero-order chi connectivity index (χ0) is 16.8. The number of hydrogen-bond acceptors (Lipinski definition) is 3. The van der Waals surface area contributed by atoms with Crippen molar-refractivity contribution in [3.63, 3.8) is 0 Å². The lowest BCUT2D eigenvalue weighted by molar-refractivity contribution is -0.123. The van der Waals surface area contributed by atoms with Crippen LogP contribution in [0.15, 0.2) is 77.4 Å². The average molecular weight is 325 g/mol. The van der Waals surface area contributed by atoms with E-state index in [1.165, 1.54) is 12.1 Å². The van der Waals surface area contributed by atoms with E-state index in [4.69, 9.17) is 9.15 Å². The standard InChI is InChI=1S/C19H16FNO3/c20-15-9-4-5-10-16(15)24-13-18(22)21-19(17-11-6-12-23-17)14-7-2-1-3-8-14/h1-12,19H,13H2,(H,21,22)/t19-/m0/s1. The molecular weight excluding hydrogens is 309 g/mol. The smallest absolute Gasteiger partial charge is 0.258 e. The number of amides is 1. The Labute approximate surface area is 138 Å². The molecule has 0 bridgehead atoms. The van der Waals surface area contributed by atoms with Crippen molar-refractivity contribution >= 4 is 5.91 Å². The fourth-order valence-corrected chi connectivity index (χ4v) is 2.33.